The minimum Gasteiger partial charge on any atom is -0.342 e. The molecule has 5 nitrogen and oxygen atoms in total. The minimum atomic E-state index is 0.170. The van der Waals surface area contributed by atoms with Crippen LogP contribution in [0, 0.1) is 5.92 Å². The van der Waals surface area contributed by atoms with Crippen molar-refractivity contribution in [1.82, 2.24) is 14.7 Å². The molecule has 5 heteroatoms. The highest BCUT2D eigenvalue weighted by molar-refractivity contribution is 5.88. The van der Waals surface area contributed by atoms with E-state index in [1.54, 1.807) is 6.92 Å². The van der Waals surface area contributed by atoms with Crippen LogP contribution in [0.15, 0.2) is 11.6 Å². The SMILES string of the molecule is CCC(=CC(=O)N1CC(C)C(N2CCCN(C(C)=O)CC2)C1)CC. The Bertz CT molecular complexity index is 483. The third-order valence-electron chi connectivity index (χ3n) is 5.57. The van der Waals surface area contributed by atoms with Crippen molar-refractivity contribution in [2.75, 3.05) is 39.3 Å². The zero-order chi connectivity index (χ0) is 17.7. The summed E-state index contributed by atoms with van der Waals surface area (Å²) in [5, 5.41) is 0. The number of rotatable bonds is 4. The van der Waals surface area contributed by atoms with Crippen LogP contribution in [-0.2, 0) is 9.59 Å². The van der Waals surface area contributed by atoms with Crippen molar-refractivity contribution in [2.24, 2.45) is 5.92 Å². The summed E-state index contributed by atoms with van der Waals surface area (Å²) < 4.78 is 0. The van der Waals surface area contributed by atoms with E-state index in [4.69, 9.17) is 0 Å². The van der Waals surface area contributed by atoms with E-state index in [1.165, 1.54) is 5.57 Å². The molecule has 0 bridgehead atoms. The Hall–Kier alpha value is -1.36. The van der Waals surface area contributed by atoms with Crippen LogP contribution >= 0.6 is 0 Å². The average Bonchev–Trinajstić information content (AvgIpc) is 2.79. The monoisotopic (exact) mass is 335 g/mol. The molecule has 2 aliphatic rings. The van der Waals surface area contributed by atoms with Crippen LogP contribution in [0.25, 0.3) is 0 Å². The van der Waals surface area contributed by atoms with E-state index in [1.807, 2.05) is 15.9 Å². The Morgan fingerprint density at radius 1 is 1.00 bits per heavy atom. The fraction of sp³-hybridized carbons (Fsp3) is 0.789. The van der Waals surface area contributed by atoms with Crippen molar-refractivity contribution >= 4 is 11.8 Å². The number of hydrogen-bond acceptors (Lipinski definition) is 3. The molecule has 0 aliphatic carbocycles. The van der Waals surface area contributed by atoms with Gasteiger partial charge in [0.2, 0.25) is 11.8 Å². The molecule has 0 aromatic heterocycles. The highest BCUT2D eigenvalue weighted by atomic mass is 16.2. The van der Waals surface area contributed by atoms with Crippen molar-refractivity contribution in [3.05, 3.63) is 11.6 Å². The van der Waals surface area contributed by atoms with E-state index >= 15 is 0 Å². The Balaban J connectivity index is 1.97. The number of likely N-dealkylation sites (tertiary alicyclic amines) is 1. The van der Waals surface area contributed by atoms with E-state index in [-0.39, 0.29) is 11.8 Å². The molecule has 2 amide bonds. The standard InChI is InChI=1S/C19H33N3O2/c1-5-17(6-2)12-19(24)22-13-15(3)18(14-22)21-9-7-8-20(10-11-21)16(4)23/h12,15,18H,5-11,13-14H2,1-4H3. The van der Waals surface area contributed by atoms with Gasteiger partial charge in [-0.05, 0) is 25.2 Å². The summed E-state index contributed by atoms with van der Waals surface area (Å²) >= 11 is 0. The van der Waals surface area contributed by atoms with Crippen molar-refractivity contribution in [3.63, 3.8) is 0 Å². The fourth-order valence-corrected chi connectivity index (χ4v) is 3.91. The van der Waals surface area contributed by atoms with Gasteiger partial charge in [0.1, 0.15) is 0 Å². The van der Waals surface area contributed by atoms with Crippen LogP contribution in [0.2, 0.25) is 0 Å². The number of carbonyl (C=O) groups excluding carboxylic acids is 2. The molecule has 0 N–H and O–H groups in total. The second-order valence-electron chi connectivity index (χ2n) is 7.19. The smallest absolute Gasteiger partial charge is 0.246 e. The van der Waals surface area contributed by atoms with E-state index in [0.717, 1.165) is 58.5 Å². The predicted octanol–water partition coefficient (Wildman–Crippen LogP) is 2.13. The second kappa shape index (κ2) is 8.65. The molecular weight excluding hydrogens is 302 g/mol. The summed E-state index contributed by atoms with van der Waals surface area (Å²) in [7, 11) is 0. The summed E-state index contributed by atoms with van der Waals surface area (Å²) in [6.45, 7) is 13.4. The number of hydrogen-bond donors (Lipinski definition) is 0. The minimum absolute atomic E-state index is 0.170. The highest BCUT2D eigenvalue weighted by Crippen LogP contribution is 2.24. The topological polar surface area (TPSA) is 43.9 Å². The van der Waals surface area contributed by atoms with Crippen LogP contribution in [0.4, 0.5) is 0 Å². The van der Waals surface area contributed by atoms with Gasteiger partial charge in [-0.15, -0.1) is 0 Å². The first-order valence-electron chi connectivity index (χ1n) is 9.44. The van der Waals surface area contributed by atoms with E-state index in [2.05, 4.69) is 25.7 Å². The Morgan fingerprint density at radius 2 is 1.71 bits per heavy atom. The Kier molecular flexibility index (Phi) is 6.84. The van der Waals surface area contributed by atoms with Crippen molar-refractivity contribution in [3.8, 4) is 0 Å². The molecule has 2 saturated heterocycles. The van der Waals surface area contributed by atoms with Crippen LogP contribution in [0.3, 0.4) is 0 Å². The molecule has 136 valence electrons. The van der Waals surface area contributed by atoms with E-state index in [0.29, 0.717) is 12.0 Å². The Morgan fingerprint density at radius 3 is 2.33 bits per heavy atom. The van der Waals surface area contributed by atoms with Gasteiger partial charge in [0.15, 0.2) is 0 Å². The molecule has 0 aromatic carbocycles. The van der Waals surface area contributed by atoms with Gasteiger partial charge >= 0.3 is 0 Å². The first kappa shape index (κ1) is 19.0. The van der Waals surface area contributed by atoms with Crippen LogP contribution in [0.5, 0.6) is 0 Å². The Labute approximate surface area is 146 Å². The predicted molar refractivity (Wildman–Crippen MR) is 96.6 cm³/mol. The lowest BCUT2D eigenvalue weighted by molar-refractivity contribution is -0.128. The van der Waals surface area contributed by atoms with Gasteiger partial charge in [0, 0.05) is 58.3 Å². The molecule has 2 rings (SSSR count). The number of carbonyl (C=O) groups is 2. The van der Waals surface area contributed by atoms with Crippen LogP contribution in [0.1, 0.15) is 47.0 Å². The molecule has 2 heterocycles. The lowest BCUT2D eigenvalue weighted by atomic mass is 10.0. The zero-order valence-corrected chi connectivity index (χ0v) is 15.8. The van der Waals surface area contributed by atoms with Crippen molar-refractivity contribution in [2.45, 2.75) is 53.0 Å². The maximum Gasteiger partial charge on any atom is 0.246 e. The fourth-order valence-electron chi connectivity index (χ4n) is 3.91. The van der Waals surface area contributed by atoms with Gasteiger partial charge in [0.25, 0.3) is 0 Å². The highest BCUT2D eigenvalue weighted by Gasteiger charge is 2.36. The molecular formula is C19H33N3O2. The zero-order valence-electron chi connectivity index (χ0n) is 15.8. The maximum atomic E-state index is 12.5. The summed E-state index contributed by atoms with van der Waals surface area (Å²) in [6.07, 6.45) is 4.76. The summed E-state index contributed by atoms with van der Waals surface area (Å²) in [6, 6.07) is 0.418. The summed E-state index contributed by atoms with van der Waals surface area (Å²) in [4.78, 5) is 30.6. The van der Waals surface area contributed by atoms with Crippen LogP contribution in [-0.4, -0.2) is 71.8 Å². The number of nitrogens with zero attached hydrogens (tertiary/aromatic N) is 3. The van der Waals surface area contributed by atoms with Gasteiger partial charge < -0.3 is 9.80 Å². The third kappa shape index (κ3) is 4.59. The second-order valence-corrected chi connectivity index (χ2v) is 7.19. The largest absolute Gasteiger partial charge is 0.342 e. The third-order valence-corrected chi connectivity index (χ3v) is 5.57. The normalized spacial score (nSPS) is 25.5. The van der Waals surface area contributed by atoms with Gasteiger partial charge in [-0.1, -0.05) is 26.3 Å². The molecule has 0 aromatic rings. The molecule has 2 fully saturated rings. The van der Waals surface area contributed by atoms with Crippen LogP contribution < -0.4 is 0 Å². The molecule has 0 saturated carbocycles. The van der Waals surface area contributed by atoms with Crippen molar-refractivity contribution in [1.29, 1.82) is 0 Å². The van der Waals surface area contributed by atoms with Gasteiger partial charge in [-0.2, -0.15) is 0 Å². The first-order chi connectivity index (χ1) is 11.5. The summed E-state index contributed by atoms with van der Waals surface area (Å²) in [5.74, 6) is 0.825. The van der Waals surface area contributed by atoms with Gasteiger partial charge in [-0.25, -0.2) is 0 Å². The average molecular weight is 335 g/mol. The van der Waals surface area contributed by atoms with Gasteiger partial charge in [0.05, 0.1) is 0 Å². The maximum absolute atomic E-state index is 12.5. The van der Waals surface area contributed by atoms with Gasteiger partial charge in [-0.3, -0.25) is 14.5 Å². The number of allylic oxidation sites excluding steroid dienone is 1. The lowest BCUT2D eigenvalue weighted by Crippen LogP contribution is -2.43. The lowest BCUT2D eigenvalue weighted by Gasteiger charge is -2.29. The van der Waals surface area contributed by atoms with Crippen molar-refractivity contribution < 1.29 is 9.59 Å². The molecule has 0 radical (unpaired) electrons. The van der Waals surface area contributed by atoms with E-state index < -0.39 is 0 Å². The molecule has 24 heavy (non-hydrogen) atoms. The number of amides is 2. The molecule has 2 atom stereocenters. The molecule has 2 unspecified atom stereocenters. The van der Waals surface area contributed by atoms with E-state index in [9.17, 15) is 9.59 Å². The summed E-state index contributed by atoms with van der Waals surface area (Å²) in [5.41, 5.74) is 1.22. The molecule has 0 spiro atoms. The quantitative estimate of drug-likeness (QED) is 0.739. The first-order valence-corrected chi connectivity index (χ1v) is 9.44. The molecule has 2 aliphatic heterocycles.